The van der Waals surface area contributed by atoms with Gasteiger partial charge in [0.2, 0.25) is 0 Å². The van der Waals surface area contributed by atoms with E-state index in [9.17, 15) is 4.79 Å². The first kappa shape index (κ1) is 11.8. The Bertz CT molecular complexity index is 474. The summed E-state index contributed by atoms with van der Waals surface area (Å²) in [7, 11) is 0. The van der Waals surface area contributed by atoms with Crippen molar-refractivity contribution in [3.05, 3.63) is 22.1 Å². The van der Waals surface area contributed by atoms with Crippen molar-refractivity contribution in [1.82, 2.24) is 9.78 Å². The summed E-state index contributed by atoms with van der Waals surface area (Å²) in [5, 5.41) is 7.77. The molecule has 1 N–H and O–H groups in total. The molecule has 98 valence electrons. The molecule has 0 amide bonds. The molecule has 1 saturated carbocycles. The maximum Gasteiger partial charge on any atom is 0.268 e. The van der Waals surface area contributed by atoms with Gasteiger partial charge in [-0.25, -0.2) is 4.68 Å². The van der Waals surface area contributed by atoms with Gasteiger partial charge in [0.05, 0.1) is 11.4 Å². The molecule has 2 aliphatic rings. The molecule has 1 aliphatic carbocycles. The Morgan fingerprint density at radius 1 is 1.33 bits per heavy atom. The third kappa shape index (κ3) is 2.42. The molecule has 0 bridgehead atoms. The van der Waals surface area contributed by atoms with Crippen LogP contribution in [-0.2, 0) is 13.0 Å². The molecule has 0 saturated heterocycles. The lowest BCUT2D eigenvalue weighted by Crippen LogP contribution is -2.27. The van der Waals surface area contributed by atoms with Gasteiger partial charge < -0.3 is 5.32 Å². The Kier molecular flexibility index (Phi) is 3.35. The van der Waals surface area contributed by atoms with E-state index in [0.717, 1.165) is 49.7 Å². The maximum atomic E-state index is 12.0. The second kappa shape index (κ2) is 5.12. The summed E-state index contributed by atoms with van der Waals surface area (Å²) >= 11 is 0. The van der Waals surface area contributed by atoms with Gasteiger partial charge in [0.15, 0.2) is 0 Å². The fourth-order valence-electron chi connectivity index (χ4n) is 3.11. The fourth-order valence-corrected chi connectivity index (χ4v) is 3.11. The number of nitrogens with zero attached hydrogens (tertiary/aromatic N) is 2. The first-order valence-electron chi connectivity index (χ1n) is 7.18. The van der Waals surface area contributed by atoms with E-state index in [4.69, 9.17) is 0 Å². The number of aromatic nitrogens is 2. The second-order valence-electron chi connectivity index (χ2n) is 5.54. The van der Waals surface area contributed by atoms with E-state index >= 15 is 0 Å². The lowest BCUT2D eigenvalue weighted by molar-refractivity contribution is 0.426. The van der Waals surface area contributed by atoms with Crippen LogP contribution < -0.4 is 10.9 Å². The molecule has 18 heavy (non-hydrogen) atoms. The SMILES string of the molecule is O=c1cc2c(nn1CCC1CCCC1)CCCN2. The Morgan fingerprint density at radius 3 is 3.00 bits per heavy atom. The molecular formula is C14H21N3O. The van der Waals surface area contributed by atoms with Gasteiger partial charge in [0, 0.05) is 19.2 Å². The first-order chi connectivity index (χ1) is 8.83. The average Bonchev–Trinajstić information content (AvgIpc) is 2.89. The largest absolute Gasteiger partial charge is 0.383 e. The molecule has 0 unspecified atom stereocenters. The minimum absolute atomic E-state index is 0.0427. The molecule has 0 radical (unpaired) electrons. The topological polar surface area (TPSA) is 46.9 Å². The van der Waals surface area contributed by atoms with Crippen LogP contribution in [0.5, 0.6) is 0 Å². The summed E-state index contributed by atoms with van der Waals surface area (Å²) in [5.41, 5.74) is 2.05. The number of nitrogens with one attached hydrogen (secondary N) is 1. The zero-order valence-corrected chi connectivity index (χ0v) is 10.8. The number of hydrogen-bond acceptors (Lipinski definition) is 3. The third-order valence-electron chi connectivity index (χ3n) is 4.20. The minimum atomic E-state index is 0.0427. The Labute approximate surface area is 107 Å². The summed E-state index contributed by atoms with van der Waals surface area (Å²) in [6, 6.07) is 1.72. The van der Waals surface area contributed by atoms with Gasteiger partial charge >= 0.3 is 0 Å². The molecule has 1 aromatic rings. The van der Waals surface area contributed by atoms with Crippen molar-refractivity contribution < 1.29 is 0 Å². The van der Waals surface area contributed by atoms with E-state index in [2.05, 4.69) is 10.4 Å². The third-order valence-corrected chi connectivity index (χ3v) is 4.20. The van der Waals surface area contributed by atoms with Gasteiger partial charge in [-0.2, -0.15) is 5.10 Å². The molecule has 1 fully saturated rings. The molecule has 0 spiro atoms. The Balaban J connectivity index is 1.72. The molecule has 3 rings (SSSR count). The number of rotatable bonds is 3. The van der Waals surface area contributed by atoms with Crippen LogP contribution in [0.15, 0.2) is 10.9 Å². The summed E-state index contributed by atoms with van der Waals surface area (Å²) in [4.78, 5) is 12.0. The van der Waals surface area contributed by atoms with Crippen molar-refractivity contribution in [1.29, 1.82) is 0 Å². The van der Waals surface area contributed by atoms with Crippen LogP contribution in [0.2, 0.25) is 0 Å². The summed E-state index contributed by atoms with van der Waals surface area (Å²) in [5.74, 6) is 0.813. The monoisotopic (exact) mass is 247 g/mol. The van der Waals surface area contributed by atoms with Gasteiger partial charge in [-0.1, -0.05) is 25.7 Å². The Morgan fingerprint density at radius 2 is 2.17 bits per heavy atom. The zero-order chi connectivity index (χ0) is 12.4. The van der Waals surface area contributed by atoms with Gasteiger partial charge in [0.1, 0.15) is 0 Å². The lowest BCUT2D eigenvalue weighted by Gasteiger charge is -2.18. The quantitative estimate of drug-likeness (QED) is 0.890. The van der Waals surface area contributed by atoms with Crippen LogP contribution in [0.4, 0.5) is 5.69 Å². The average molecular weight is 247 g/mol. The number of anilines is 1. The molecular weight excluding hydrogens is 226 g/mol. The number of aryl methyl sites for hydroxylation is 2. The van der Waals surface area contributed by atoms with Crippen LogP contribution in [0.25, 0.3) is 0 Å². The first-order valence-corrected chi connectivity index (χ1v) is 7.18. The highest BCUT2D eigenvalue weighted by molar-refractivity contribution is 5.48. The smallest absolute Gasteiger partial charge is 0.268 e. The predicted octanol–water partition coefficient (Wildman–Crippen LogP) is 2.18. The maximum absolute atomic E-state index is 12.0. The number of fused-ring (bicyclic) bond motifs is 1. The predicted molar refractivity (Wildman–Crippen MR) is 71.9 cm³/mol. The highest BCUT2D eigenvalue weighted by atomic mass is 16.1. The molecule has 0 atom stereocenters. The van der Waals surface area contributed by atoms with E-state index in [1.165, 1.54) is 25.7 Å². The van der Waals surface area contributed by atoms with E-state index in [1.54, 1.807) is 10.7 Å². The molecule has 0 aromatic carbocycles. The zero-order valence-electron chi connectivity index (χ0n) is 10.8. The van der Waals surface area contributed by atoms with E-state index in [1.807, 2.05) is 0 Å². The van der Waals surface area contributed by atoms with E-state index in [0.29, 0.717) is 0 Å². The van der Waals surface area contributed by atoms with Gasteiger partial charge in [-0.3, -0.25) is 4.79 Å². The number of hydrogen-bond donors (Lipinski definition) is 1. The van der Waals surface area contributed by atoms with Crippen LogP contribution in [0.1, 0.15) is 44.2 Å². The van der Waals surface area contributed by atoms with Crippen molar-refractivity contribution in [2.75, 3.05) is 11.9 Å². The molecule has 2 heterocycles. The van der Waals surface area contributed by atoms with E-state index < -0.39 is 0 Å². The van der Waals surface area contributed by atoms with Crippen molar-refractivity contribution >= 4 is 5.69 Å². The fraction of sp³-hybridized carbons (Fsp3) is 0.714. The molecule has 1 aliphatic heterocycles. The van der Waals surface area contributed by atoms with Crippen LogP contribution >= 0.6 is 0 Å². The summed E-state index contributed by atoms with van der Waals surface area (Å²) in [6.07, 6.45) is 8.61. The molecule has 4 heteroatoms. The minimum Gasteiger partial charge on any atom is -0.383 e. The van der Waals surface area contributed by atoms with E-state index in [-0.39, 0.29) is 5.56 Å². The van der Waals surface area contributed by atoms with Crippen molar-refractivity contribution in [3.8, 4) is 0 Å². The standard InChI is InChI=1S/C14H21N3O/c18-14-10-13-12(6-3-8-15-13)16-17(14)9-7-11-4-1-2-5-11/h10-11,15H,1-9H2. The summed E-state index contributed by atoms with van der Waals surface area (Å²) < 4.78 is 1.67. The van der Waals surface area contributed by atoms with Crippen molar-refractivity contribution in [3.63, 3.8) is 0 Å². The Hall–Kier alpha value is -1.32. The van der Waals surface area contributed by atoms with Gasteiger partial charge in [0.25, 0.3) is 5.56 Å². The highest BCUT2D eigenvalue weighted by Gasteiger charge is 2.16. The molecule has 1 aromatic heterocycles. The summed E-state index contributed by atoms with van der Waals surface area (Å²) in [6.45, 7) is 1.75. The normalized spacial score (nSPS) is 19.6. The van der Waals surface area contributed by atoms with Crippen LogP contribution in [-0.4, -0.2) is 16.3 Å². The van der Waals surface area contributed by atoms with Gasteiger partial charge in [-0.15, -0.1) is 0 Å². The highest BCUT2D eigenvalue weighted by Crippen LogP contribution is 2.27. The van der Waals surface area contributed by atoms with Crippen LogP contribution in [0.3, 0.4) is 0 Å². The lowest BCUT2D eigenvalue weighted by atomic mass is 10.0. The van der Waals surface area contributed by atoms with Crippen LogP contribution in [0, 0.1) is 5.92 Å². The van der Waals surface area contributed by atoms with Crippen molar-refractivity contribution in [2.24, 2.45) is 5.92 Å². The molecule has 4 nitrogen and oxygen atoms in total. The van der Waals surface area contributed by atoms with Crippen molar-refractivity contribution in [2.45, 2.75) is 51.5 Å². The van der Waals surface area contributed by atoms with Gasteiger partial charge in [-0.05, 0) is 25.2 Å². The second-order valence-corrected chi connectivity index (χ2v) is 5.54.